The van der Waals surface area contributed by atoms with Gasteiger partial charge in [0.25, 0.3) is 5.56 Å². The van der Waals surface area contributed by atoms with E-state index in [9.17, 15) is 26.4 Å². The van der Waals surface area contributed by atoms with Gasteiger partial charge >= 0.3 is 6.36 Å². The number of aromatic nitrogens is 3. The molecule has 200 valence electrons. The van der Waals surface area contributed by atoms with Gasteiger partial charge < -0.3 is 18.5 Å². The first-order valence-electron chi connectivity index (χ1n) is 11.3. The van der Waals surface area contributed by atoms with Crippen LogP contribution in [0.4, 0.5) is 13.2 Å². The molecule has 4 aromatic rings. The summed E-state index contributed by atoms with van der Waals surface area (Å²) in [6.07, 6.45) is -1.71. The molecule has 0 amide bonds. The molecule has 2 aromatic carbocycles. The molecule has 9 nitrogen and oxygen atoms in total. The van der Waals surface area contributed by atoms with Crippen molar-refractivity contribution < 1.29 is 35.5 Å². The number of hydrogen-bond acceptors (Lipinski definition) is 8. The van der Waals surface area contributed by atoms with Crippen LogP contribution in [0.2, 0.25) is 0 Å². The molecule has 0 aliphatic heterocycles. The van der Waals surface area contributed by atoms with Gasteiger partial charge in [0.2, 0.25) is 11.8 Å². The Morgan fingerprint density at radius 3 is 2.32 bits per heavy atom. The second kappa shape index (κ2) is 11.1. The number of pyridine rings is 1. The maximum atomic E-state index is 12.5. The summed E-state index contributed by atoms with van der Waals surface area (Å²) in [5.41, 5.74) is 1.36. The van der Waals surface area contributed by atoms with Gasteiger partial charge in [0.05, 0.1) is 24.5 Å². The van der Waals surface area contributed by atoms with Crippen molar-refractivity contribution in [2.45, 2.75) is 19.3 Å². The first-order chi connectivity index (χ1) is 17.9. The minimum Gasteiger partial charge on any atom is -0.494 e. The van der Waals surface area contributed by atoms with Crippen LogP contribution in [-0.2, 0) is 16.4 Å². The van der Waals surface area contributed by atoms with Crippen molar-refractivity contribution in [1.29, 1.82) is 0 Å². The van der Waals surface area contributed by atoms with Crippen molar-refractivity contribution >= 4 is 9.84 Å². The van der Waals surface area contributed by atoms with E-state index >= 15 is 0 Å². The standard InChI is InChI=1S/C25H22F3N3O6S/c1-38(33,34)13-3-12-35-21-5-2-4-17(14-21)15-31-16-19(8-11-22(31)32)24-30-29-23(36-24)18-6-9-20(10-7-18)37-25(26,27)28/h2,4-11,14,16H,3,12-13,15H2,1H3. The minimum atomic E-state index is -4.80. The van der Waals surface area contributed by atoms with Gasteiger partial charge in [0.15, 0.2) is 0 Å². The van der Waals surface area contributed by atoms with Crippen LogP contribution < -0.4 is 15.0 Å². The summed E-state index contributed by atoms with van der Waals surface area (Å²) in [7, 11) is -3.06. The lowest BCUT2D eigenvalue weighted by molar-refractivity contribution is -0.274. The van der Waals surface area contributed by atoms with E-state index in [4.69, 9.17) is 9.15 Å². The monoisotopic (exact) mass is 549 g/mol. The summed E-state index contributed by atoms with van der Waals surface area (Å²) in [6, 6.07) is 15.0. The van der Waals surface area contributed by atoms with E-state index < -0.39 is 16.2 Å². The third-order valence-electron chi connectivity index (χ3n) is 5.17. The zero-order chi connectivity index (χ0) is 27.3. The molecule has 13 heteroatoms. The lowest BCUT2D eigenvalue weighted by Crippen LogP contribution is -2.19. The highest BCUT2D eigenvalue weighted by atomic mass is 32.2. The Labute approximate surface area is 215 Å². The van der Waals surface area contributed by atoms with Gasteiger partial charge in [0.1, 0.15) is 21.3 Å². The fourth-order valence-electron chi connectivity index (χ4n) is 3.48. The summed E-state index contributed by atoms with van der Waals surface area (Å²) in [5.74, 6) is 0.401. The van der Waals surface area contributed by atoms with E-state index in [0.29, 0.717) is 23.3 Å². The largest absolute Gasteiger partial charge is 0.573 e. The lowest BCUT2D eigenvalue weighted by Gasteiger charge is -2.10. The normalized spacial score (nSPS) is 11.9. The molecule has 0 atom stereocenters. The number of benzene rings is 2. The van der Waals surface area contributed by atoms with Crippen LogP contribution >= 0.6 is 0 Å². The first kappa shape index (κ1) is 26.9. The van der Waals surface area contributed by atoms with Crippen LogP contribution in [0.5, 0.6) is 11.5 Å². The summed E-state index contributed by atoms with van der Waals surface area (Å²) in [6.45, 7) is 0.457. The van der Waals surface area contributed by atoms with Crippen LogP contribution in [-0.4, -0.2) is 48.2 Å². The van der Waals surface area contributed by atoms with Gasteiger partial charge in [-0.1, -0.05) is 12.1 Å². The van der Waals surface area contributed by atoms with E-state index in [0.717, 1.165) is 17.7 Å². The Morgan fingerprint density at radius 1 is 0.947 bits per heavy atom. The second-order valence-electron chi connectivity index (χ2n) is 8.35. The highest BCUT2D eigenvalue weighted by Gasteiger charge is 2.31. The molecule has 4 rings (SSSR count). The van der Waals surface area contributed by atoms with Crippen molar-refractivity contribution in [3.05, 3.63) is 82.8 Å². The van der Waals surface area contributed by atoms with Crippen LogP contribution in [0.3, 0.4) is 0 Å². The van der Waals surface area contributed by atoms with Gasteiger partial charge in [-0.05, 0) is 54.4 Å². The molecule has 0 aliphatic carbocycles. The predicted molar refractivity (Wildman–Crippen MR) is 131 cm³/mol. The van der Waals surface area contributed by atoms with E-state index in [1.807, 2.05) is 6.07 Å². The Hall–Kier alpha value is -4.13. The number of rotatable bonds is 10. The Kier molecular flexibility index (Phi) is 7.86. The quantitative estimate of drug-likeness (QED) is 0.269. The van der Waals surface area contributed by atoms with Crippen molar-refractivity contribution in [3.8, 4) is 34.4 Å². The average Bonchev–Trinajstić information content (AvgIpc) is 3.33. The van der Waals surface area contributed by atoms with Crippen LogP contribution in [0.1, 0.15) is 12.0 Å². The van der Waals surface area contributed by atoms with Gasteiger partial charge in [0, 0.05) is 24.1 Å². The van der Waals surface area contributed by atoms with Crippen LogP contribution in [0, 0.1) is 0 Å². The fourth-order valence-corrected chi connectivity index (χ4v) is 4.12. The lowest BCUT2D eigenvalue weighted by atomic mass is 10.2. The van der Waals surface area contributed by atoms with Crippen LogP contribution in [0.15, 0.2) is 76.1 Å². The van der Waals surface area contributed by atoms with Gasteiger partial charge in [-0.3, -0.25) is 4.79 Å². The molecule has 2 heterocycles. The molecule has 0 saturated heterocycles. The Bertz CT molecular complexity index is 1560. The van der Waals surface area contributed by atoms with Crippen LogP contribution in [0.25, 0.3) is 22.9 Å². The van der Waals surface area contributed by atoms with Crippen molar-refractivity contribution in [2.24, 2.45) is 0 Å². The highest BCUT2D eigenvalue weighted by Crippen LogP contribution is 2.27. The zero-order valence-electron chi connectivity index (χ0n) is 20.0. The molecule has 0 radical (unpaired) electrons. The van der Waals surface area contributed by atoms with E-state index in [2.05, 4.69) is 14.9 Å². The molecule has 0 unspecified atom stereocenters. The SMILES string of the molecule is CS(=O)(=O)CCCOc1cccc(Cn2cc(-c3nnc(-c4ccc(OC(F)(F)F)cc4)o3)ccc2=O)c1. The Balaban J connectivity index is 1.46. The fraction of sp³-hybridized carbons (Fsp3) is 0.240. The van der Waals surface area contributed by atoms with Crippen molar-refractivity contribution in [3.63, 3.8) is 0 Å². The molecular weight excluding hydrogens is 527 g/mol. The van der Waals surface area contributed by atoms with Gasteiger partial charge in [-0.15, -0.1) is 23.4 Å². The summed E-state index contributed by atoms with van der Waals surface area (Å²) in [5, 5.41) is 7.93. The van der Waals surface area contributed by atoms with Crippen molar-refractivity contribution in [2.75, 3.05) is 18.6 Å². The smallest absolute Gasteiger partial charge is 0.494 e. The van der Waals surface area contributed by atoms with E-state index in [1.165, 1.54) is 35.1 Å². The minimum absolute atomic E-state index is 0.0318. The molecule has 0 fully saturated rings. The molecular formula is C25H22F3N3O6S. The van der Waals surface area contributed by atoms with Gasteiger partial charge in [-0.2, -0.15) is 0 Å². The molecule has 0 saturated carbocycles. The maximum Gasteiger partial charge on any atom is 0.573 e. The van der Waals surface area contributed by atoms with Crippen molar-refractivity contribution in [1.82, 2.24) is 14.8 Å². The number of halogens is 3. The first-order valence-corrected chi connectivity index (χ1v) is 13.3. The summed E-state index contributed by atoms with van der Waals surface area (Å²) in [4.78, 5) is 12.5. The molecule has 0 spiro atoms. The average molecular weight is 550 g/mol. The maximum absolute atomic E-state index is 12.5. The predicted octanol–water partition coefficient (Wildman–Crippen LogP) is 4.33. The summed E-state index contributed by atoms with van der Waals surface area (Å²) < 4.78 is 76.2. The number of hydrogen-bond donors (Lipinski definition) is 0. The number of nitrogens with zero attached hydrogens (tertiary/aromatic N) is 3. The van der Waals surface area contributed by atoms with E-state index in [-0.39, 0.29) is 42.0 Å². The van der Waals surface area contributed by atoms with Gasteiger partial charge in [-0.25, -0.2) is 8.42 Å². The van der Waals surface area contributed by atoms with E-state index in [1.54, 1.807) is 24.4 Å². The third-order valence-corrected chi connectivity index (χ3v) is 6.20. The third kappa shape index (κ3) is 7.68. The Morgan fingerprint density at radius 2 is 1.63 bits per heavy atom. The number of alkyl halides is 3. The topological polar surface area (TPSA) is 114 Å². The zero-order valence-corrected chi connectivity index (χ0v) is 20.8. The molecule has 0 N–H and O–H groups in total. The molecule has 0 aliphatic rings. The molecule has 0 bridgehead atoms. The highest BCUT2D eigenvalue weighted by molar-refractivity contribution is 7.90. The molecule has 38 heavy (non-hydrogen) atoms. The number of sulfone groups is 1. The second-order valence-corrected chi connectivity index (χ2v) is 10.6. The summed E-state index contributed by atoms with van der Waals surface area (Å²) >= 11 is 0. The number of ether oxygens (including phenoxy) is 2. The molecule has 2 aromatic heterocycles.